The highest BCUT2D eigenvalue weighted by atomic mass is 32.2. The first kappa shape index (κ1) is 21.1. The Kier molecular flexibility index (Phi) is 5.42. The molecule has 0 fully saturated rings. The van der Waals surface area contributed by atoms with E-state index in [4.69, 9.17) is 15.4 Å². The van der Waals surface area contributed by atoms with Crippen LogP contribution < -0.4 is 5.73 Å². The first-order valence-electron chi connectivity index (χ1n) is 9.61. The summed E-state index contributed by atoms with van der Waals surface area (Å²) in [6, 6.07) is 15.2. The molecule has 0 bridgehead atoms. The van der Waals surface area contributed by atoms with Gasteiger partial charge in [0.2, 0.25) is 5.89 Å². The second-order valence-corrected chi connectivity index (χ2v) is 9.72. The highest BCUT2D eigenvalue weighted by Gasteiger charge is 2.20. The zero-order chi connectivity index (χ0) is 22.9. The van der Waals surface area contributed by atoms with Crippen LogP contribution in [0.2, 0.25) is 0 Å². The number of anilines is 1. The molecule has 9 nitrogen and oxygen atoms in total. The molecule has 32 heavy (non-hydrogen) atoms. The van der Waals surface area contributed by atoms with E-state index in [1.54, 1.807) is 50.2 Å². The summed E-state index contributed by atoms with van der Waals surface area (Å²) in [5.74, 6) is 0.397. The first-order valence-corrected chi connectivity index (χ1v) is 11.2. The fourth-order valence-electron chi connectivity index (χ4n) is 2.94. The molecule has 0 radical (unpaired) electrons. The summed E-state index contributed by atoms with van der Waals surface area (Å²) in [6.45, 7) is 3.27. The lowest BCUT2D eigenvalue weighted by molar-refractivity contribution is 0.582. The number of hydrogen-bond acceptors (Lipinski definition) is 9. The Morgan fingerprint density at radius 1 is 1.03 bits per heavy atom. The van der Waals surface area contributed by atoms with Crippen LogP contribution in [0.3, 0.4) is 0 Å². The average molecular weight is 446 g/mol. The number of rotatable bonds is 5. The van der Waals surface area contributed by atoms with Crippen LogP contribution in [0.1, 0.15) is 19.4 Å². The van der Waals surface area contributed by atoms with Crippen LogP contribution in [0.4, 0.5) is 5.82 Å². The normalized spacial score (nSPS) is 11.4. The molecule has 2 aromatic carbocycles. The van der Waals surface area contributed by atoms with Gasteiger partial charge in [-0.15, -0.1) is 10.2 Å². The quantitative estimate of drug-likeness (QED) is 0.486. The number of nitrogens with zero attached hydrogens (tertiary/aromatic N) is 5. The van der Waals surface area contributed by atoms with Gasteiger partial charge in [0.15, 0.2) is 21.3 Å². The molecular formula is C22H18N6O3S. The summed E-state index contributed by atoms with van der Waals surface area (Å²) in [5, 5.41) is 16.6. The van der Waals surface area contributed by atoms with Gasteiger partial charge in [0.1, 0.15) is 0 Å². The van der Waals surface area contributed by atoms with Gasteiger partial charge >= 0.3 is 0 Å². The highest BCUT2D eigenvalue weighted by molar-refractivity contribution is 7.92. The van der Waals surface area contributed by atoms with Gasteiger partial charge in [-0.3, -0.25) is 0 Å². The Morgan fingerprint density at radius 2 is 1.75 bits per heavy atom. The number of sulfone groups is 1. The van der Waals surface area contributed by atoms with Gasteiger partial charge in [0, 0.05) is 11.1 Å². The van der Waals surface area contributed by atoms with Crippen LogP contribution >= 0.6 is 0 Å². The van der Waals surface area contributed by atoms with E-state index in [1.807, 2.05) is 0 Å². The lowest BCUT2D eigenvalue weighted by Gasteiger charge is -2.09. The molecule has 0 aliphatic rings. The maximum atomic E-state index is 12.3. The van der Waals surface area contributed by atoms with Crippen LogP contribution in [-0.2, 0) is 9.84 Å². The number of nitrogen functional groups attached to an aromatic ring is 1. The molecule has 10 heteroatoms. The number of hydrogen-bond donors (Lipinski definition) is 1. The SMILES string of the molecule is CC(C)S(=O)(=O)c1ccc(-c2cnc(N)c(-c3nnc(-c4cccc(C#N)c4)o3)n2)cc1. The number of nitriles is 1. The third kappa shape index (κ3) is 3.93. The molecule has 2 N–H and O–H groups in total. The van der Waals surface area contributed by atoms with Gasteiger partial charge in [-0.05, 0) is 44.2 Å². The maximum absolute atomic E-state index is 12.3. The molecule has 0 spiro atoms. The van der Waals surface area contributed by atoms with Crippen molar-refractivity contribution in [3.63, 3.8) is 0 Å². The van der Waals surface area contributed by atoms with Gasteiger partial charge in [0.25, 0.3) is 5.89 Å². The van der Waals surface area contributed by atoms with Crippen molar-refractivity contribution in [3.05, 3.63) is 60.3 Å². The van der Waals surface area contributed by atoms with Crippen LogP contribution in [0.15, 0.2) is 64.0 Å². The van der Waals surface area contributed by atoms with Crippen molar-refractivity contribution < 1.29 is 12.8 Å². The molecule has 0 saturated heterocycles. The summed E-state index contributed by atoms with van der Waals surface area (Å²) in [5.41, 5.74) is 8.37. The molecule has 4 rings (SSSR count). The zero-order valence-corrected chi connectivity index (χ0v) is 18.0. The predicted octanol–water partition coefficient (Wildman–Crippen LogP) is 3.50. The van der Waals surface area contributed by atoms with Gasteiger partial charge < -0.3 is 10.2 Å². The monoisotopic (exact) mass is 446 g/mol. The van der Waals surface area contributed by atoms with Crippen molar-refractivity contribution in [1.82, 2.24) is 20.2 Å². The molecule has 4 aromatic rings. The number of benzene rings is 2. The van der Waals surface area contributed by atoms with E-state index in [9.17, 15) is 8.42 Å². The lowest BCUT2D eigenvalue weighted by Crippen LogP contribution is -2.13. The van der Waals surface area contributed by atoms with E-state index >= 15 is 0 Å². The van der Waals surface area contributed by atoms with Crippen molar-refractivity contribution in [1.29, 1.82) is 5.26 Å². The minimum absolute atomic E-state index is 0.0771. The number of aromatic nitrogens is 4. The second-order valence-electron chi connectivity index (χ2n) is 7.21. The first-order chi connectivity index (χ1) is 15.3. The third-order valence-electron chi connectivity index (χ3n) is 4.77. The van der Waals surface area contributed by atoms with Crippen molar-refractivity contribution in [2.24, 2.45) is 0 Å². The van der Waals surface area contributed by atoms with E-state index in [-0.39, 0.29) is 28.2 Å². The zero-order valence-electron chi connectivity index (χ0n) is 17.2. The van der Waals surface area contributed by atoms with Crippen LogP contribution in [-0.4, -0.2) is 33.8 Å². The topological polar surface area (TPSA) is 149 Å². The molecule has 0 atom stereocenters. The van der Waals surface area contributed by atoms with E-state index < -0.39 is 15.1 Å². The Morgan fingerprint density at radius 3 is 2.44 bits per heavy atom. The molecule has 2 heterocycles. The van der Waals surface area contributed by atoms with Crippen LogP contribution in [0.5, 0.6) is 0 Å². The van der Waals surface area contributed by atoms with Gasteiger partial charge in [-0.2, -0.15) is 5.26 Å². The molecule has 0 amide bonds. The summed E-state index contributed by atoms with van der Waals surface area (Å²) in [4.78, 5) is 8.90. The second kappa shape index (κ2) is 8.20. The third-order valence-corrected chi connectivity index (χ3v) is 6.94. The summed E-state index contributed by atoms with van der Waals surface area (Å²) >= 11 is 0. The molecule has 0 saturated carbocycles. The minimum Gasteiger partial charge on any atom is -0.414 e. The largest absolute Gasteiger partial charge is 0.414 e. The Labute approximate surface area is 184 Å². The Balaban J connectivity index is 1.69. The summed E-state index contributed by atoms with van der Waals surface area (Å²) in [7, 11) is -3.37. The molecule has 160 valence electrons. The highest BCUT2D eigenvalue weighted by Crippen LogP contribution is 2.29. The molecular weight excluding hydrogens is 428 g/mol. The Hall–Kier alpha value is -4.10. The average Bonchev–Trinajstić information content (AvgIpc) is 3.29. The fourth-order valence-corrected chi connectivity index (χ4v) is 4.00. The molecule has 0 unspecified atom stereocenters. The number of nitrogens with two attached hydrogens (primary N) is 1. The van der Waals surface area contributed by atoms with E-state index in [1.165, 1.54) is 18.3 Å². The van der Waals surface area contributed by atoms with E-state index in [2.05, 4.69) is 26.2 Å². The molecule has 0 aliphatic heterocycles. The lowest BCUT2D eigenvalue weighted by atomic mass is 10.1. The van der Waals surface area contributed by atoms with Crippen molar-refractivity contribution in [2.45, 2.75) is 24.0 Å². The fraction of sp³-hybridized carbons (Fsp3) is 0.136. The minimum atomic E-state index is -3.37. The van der Waals surface area contributed by atoms with Crippen LogP contribution in [0.25, 0.3) is 34.3 Å². The summed E-state index contributed by atoms with van der Waals surface area (Å²) < 4.78 is 30.4. The molecule has 0 aliphatic carbocycles. The van der Waals surface area contributed by atoms with Crippen molar-refractivity contribution in [2.75, 3.05) is 5.73 Å². The Bertz CT molecular complexity index is 1440. The smallest absolute Gasteiger partial charge is 0.270 e. The van der Waals surface area contributed by atoms with E-state index in [0.29, 0.717) is 22.4 Å². The van der Waals surface area contributed by atoms with Crippen molar-refractivity contribution in [3.8, 4) is 40.4 Å². The van der Waals surface area contributed by atoms with Gasteiger partial charge in [0.05, 0.1) is 33.7 Å². The van der Waals surface area contributed by atoms with Crippen LogP contribution in [0, 0.1) is 11.3 Å². The predicted molar refractivity (Wildman–Crippen MR) is 118 cm³/mol. The summed E-state index contributed by atoms with van der Waals surface area (Å²) in [6.07, 6.45) is 1.48. The van der Waals surface area contributed by atoms with E-state index in [0.717, 1.165) is 0 Å². The molecule has 2 aromatic heterocycles. The van der Waals surface area contributed by atoms with Gasteiger partial charge in [-0.25, -0.2) is 18.4 Å². The van der Waals surface area contributed by atoms with Crippen molar-refractivity contribution >= 4 is 15.7 Å². The van der Waals surface area contributed by atoms with Gasteiger partial charge in [-0.1, -0.05) is 18.2 Å². The standard InChI is InChI=1S/C22H18N6O3S/c1-13(2)32(29,30)17-8-6-15(7-9-17)18-12-25-20(24)19(26-18)22-28-27-21(31-22)16-5-3-4-14(10-16)11-23/h3-10,12-13H,1-2H3,(H2,24,25). The maximum Gasteiger partial charge on any atom is 0.270 e.